The van der Waals surface area contributed by atoms with E-state index in [-0.39, 0.29) is 12.2 Å². The summed E-state index contributed by atoms with van der Waals surface area (Å²) in [7, 11) is 0. The maximum atomic E-state index is 10.9. The van der Waals surface area contributed by atoms with E-state index in [1.807, 2.05) is 6.07 Å². The van der Waals surface area contributed by atoms with Crippen molar-refractivity contribution in [2.75, 3.05) is 0 Å². The molecule has 0 radical (unpaired) electrons. The van der Waals surface area contributed by atoms with Crippen LogP contribution in [0.2, 0.25) is 10.0 Å². The van der Waals surface area contributed by atoms with Gasteiger partial charge >= 0.3 is 0 Å². The molecular formula is C12H10Cl2N2O2. The predicted octanol–water partition coefficient (Wildman–Crippen LogP) is 3.10. The van der Waals surface area contributed by atoms with Crippen molar-refractivity contribution in [3.63, 3.8) is 0 Å². The summed E-state index contributed by atoms with van der Waals surface area (Å²) < 4.78 is 4.96. The van der Waals surface area contributed by atoms with E-state index in [0.717, 1.165) is 5.56 Å². The number of rotatable bonds is 4. The van der Waals surface area contributed by atoms with Crippen LogP contribution in [0.4, 0.5) is 0 Å². The van der Waals surface area contributed by atoms with Gasteiger partial charge in [0.25, 0.3) is 0 Å². The fourth-order valence-corrected chi connectivity index (χ4v) is 1.80. The molecule has 6 heteroatoms. The van der Waals surface area contributed by atoms with Crippen LogP contribution in [0.25, 0.3) is 0 Å². The smallest absolute Gasteiger partial charge is 0.234 e. The van der Waals surface area contributed by atoms with Gasteiger partial charge in [-0.25, -0.2) is 0 Å². The molecule has 4 nitrogen and oxygen atoms in total. The maximum absolute atomic E-state index is 10.9. The van der Waals surface area contributed by atoms with E-state index in [0.29, 0.717) is 28.2 Å². The molecule has 0 aliphatic carbocycles. The molecule has 0 spiro atoms. The van der Waals surface area contributed by atoms with Crippen LogP contribution < -0.4 is 0 Å². The minimum Gasteiger partial charge on any atom is -0.339 e. The number of Topliss-reactive ketones (excluding diaryl/α,β-unsaturated/α-hetero) is 1. The third-order valence-electron chi connectivity index (χ3n) is 2.26. The first kappa shape index (κ1) is 13.1. The first-order valence-electron chi connectivity index (χ1n) is 5.29. The average molecular weight is 285 g/mol. The average Bonchev–Trinajstić information content (AvgIpc) is 2.70. The minimum absolute atomic E-state index is 0.0141. The van der Waals surface area contributed by atoms with Crippen LogP contribution in [-0.2, 0) is 17.6 Å². The van der Waals surface area contributed by atoms with Gasteiger partial charge in [0.2, 0.25) is 5.89 Å². The quantitative estimate of drug-likeness (QED) is 0.866. The van der Waals surface area contributed by atoms with Crippen LogP contribution in [0.5, 0.6) is 0 Å². The molecule has 94 valence electrons. The summed E-state index contributed by atoms with van der Waals surface area (Å²) in [5.41, 5.74) is 0.930. The standard InChI is InChI=1S/C12H10Cl2N2O2/c1-7(17)4-12-15-11(16-18-12)6-8-2-3-9(13)10(14)5-8/h2-3,5H,4,6H2,1H3. The summed E-state index contributed by atoms with van der Waals surface area (Å²) in [5, 5.41) is 4.80. The van der Waals surface area contributed by atoms with Crippen LogP contribution in [0, 0.1) is 0 Å². The number of ketones is 1. The van der Waals surface area contributed by atoms with Crippen molar-refractivity contribution in [3.8, 4) is 0 Å². The van der Waals surface area contributed by atoms with Crippen LogP contribution >= 0.6 is 23.2 Å². The van der Waals surface area contributed by atoms with E-state index in [2.05, 4.69) is 10.1 Å². The first-order valence-corrected chi connectivity index (χ1v) is 6.05. The third-order valence-corrected chi connectivity index (χ3v) is 3.00. The normalized spacial score (nSPS) is 10.6. The highest BCUT2D eigenvalue weighted by molar-refractivity contribution is 6.42. The van der Waals surface area contributed by atoms with Crippen molar-refractivity contribution in [1.29, 1.82) is 0 Å². The molecular weight excluding hydrogens is 275 g/mol. The topological polar surface area (TPSA) is 56.0 Å². The van der Waals surface area contributed by atoms with E-state index in [1.165, 1.54) is 6.92 Å². The fourth-order valence-electron chi connectivity index (χ4n) is 1.48. The van der Waals surface area contributed by atoms with E-state index >= 15 is 0 Å². The van der Waals surface area contributed by atoms with Gasteiger partial charge in [-0.2, -0.15) is 4.98 Å². The number of hydrogen-bond acceptors (Lipinski definition) is 4. The molecule has 1 heterocycles. The second-order valence-electron chi connectivity index (χ2n) is 3.91. The second kappa shape index (κ2) is 5.50. The molecule has 18 heavy (non-hydrogen) atoms. The monoisotopic (exact) mass is 284 g/mol. The Labute approximate surface area is 114 Å². The number of benzene rings is 1. The van der Waals surface area contributed by atoms with Gasteiger partial charge in [-0.3, -0.25) is 4.79 Å². The zero-order chi connectivity index (χ0) is 13.1. The highest BCUT2D eigenvalue weighted by Crippen LogP contribution is 2.23. The van der Waals surface area contributed by atoms with Gasteiger partial charge < -0.3 is 4.52 Å². The lowest BCUT2D eigenvalue weighted by molar-refractivity contribution is -0.116. The van der Waals surface area contributed by atoms with Crippen LogP contribution in [0.3, 0.4) is 0 Å². The molecule has 0 unspecified atom stereocenters. The van der Waals surface area contributed by atoms with Gasteiger partial charge in [0.15, 0.2) is 5.82 Å². The minimum atomic E-state index is -0.0141. The number of hydrogen-bond donors (Lipinski definition) is 0. The second-order valence-corrected chi connectivity index (χ2v) is 4.72. The molecule has 0 saturated carbocycles. The lowest BCUT2D eigenvalue weighted by atomic mass is 10.1. The zero-order valence-electron chi connectivity index (χ0n) is 9.61. The molecule has 0 saturated heterocycles. The summed E-state index contributed by atoms with van der Waals surface area (Å²) in [5.74, 6) is 0.835. The van der Waals surface area contributed by atoms with E-state index < -0.39 is 0 Å². The fraction of sp³-hybridized carbons (Fsp3) is 0.250. The Morgan fingerprint density at radius 3 is 2.78 bits per heavy atom. The van der Waals surface area contributed by atoms with Crippen molar-refractivity contribution < 1.29 is 9.32 Å². The number of halogens is 2. The molecule has 0 N–H and O–H groups in total. The molecule has 1 aromatic heterocycles. The lowest BCUT2D eigenvalue weighted by Crippen LogP contribution is -1.97. The molecule has 0 aliphatic heterocycles. The Balaban J connectivity index is 2.11. The van der Waals surface area contributed by atoms with Crippen molar-refractivity contribution in [2.24, 2.45) is 0 Å². The van der Waals surface area contributed by atoms with Gasteiger partial charge in [-0.1, -0.05) is 34.4 Å². The van der Waals surface area contributed by atoms with Crippen molar-refractivity contribution in [2.45, 2.75) is 19.8 Å². The number of aromatic nitrogens is 2. The first-order chi connectivity index (χ1) is 8.54. The van der Waals surface area contributed by atoms with Gasteiger partial charge in [-0.05, 0) is 24.6 Å². The number of carbonyl (C=O) groups excluding carboxylic acids is 1. The van der Waals surface area contributed by atoms with Crippen molar-refractivity contribution >= 4 is 29.0 Å². The molecule has 0 bridgehead atoms. The summed E-state index contributed by atoms with van der Waals surface area (Å²) in [6.07, 6.45) is 0.646. The molecule has 1 aromatic carbocycles. The summed E-state index contributed by atoms with van der Waals surface area (Å²) >= 11 is 11.7. The third kappa shape index (κ3) is 3.31. The van der Waals surface area contributed by atoms with Crippen LogP contribution in [-0.4, -0.2) is 15.9 Å². The maximum Gasteiger partial charge on any atom is 0.234 e. The molecule has 0 atom stereocenters. The van der Waals surface area contributed by atoms with Gasteiger partial charge in [-0.15, -0.1) is 0 Å². The lowest BCUT2D eigenvalue weighted by Gasteiger charge is -1.99. The Morgan fingerprint density at radius 1 is 1.33 bits per heavy atom. The van der Waals surface area contributed by atoms with E-state index in [9.17, 15) is 4.79 Å². The highest BCUT2D eigenvalue weighted by atomic mass is 35.5. The molecule has 0 fully saturated rings. The van der Waals surface area contributed by atoms with E-state index in [1.54, 1.807) is 12.1 Å². The van der Waals surface area contributed by atoms with Gasteiger partial charge in [0.1, 0.15) is 5.78 Å². The molecule has 0 aliphatic rings. The van der Waals surface area contributed by atoms with Gasteiger partial charge in [0, 0.05) is 6.42 Å². The molecule has 2 aromatic rings. The Bertz CT molecular complexity index is 581. The van der Waals surface area contributed by atoms with Crippen molar-refractivity contribution in [1.82, 2.24) is 10.1 Å². The summed E-state index contributed by atoms with van der Waals surface area (Å²) in [4.78, 5) is 15.0. The summed E-state index contributed by atoms with van der Waals surface area (Å²) in [6, 6.07) is 5.32. The Morgan fingerprint density at radius 2 is 2.11 bits per heavy atom. The largest absolute Gasteiger partial charge is 0.339 e. The molecule has 0 amide bonds. The molecule has 2 rings (SSSR count). The Kier molecular flexibility index (Phi) is 3.99. The zero-order valence-corrected chi connectivity index (χ0v) is 11.1. The van der Waals surface area contributed by atoms with Gasteiger partial charge in [0.05, 0.1) is 16.5 Å². The van der Waals surface area contributed by atoms with Crippen LogP contribution in [0.1, 0.15) is 24.2 Å². The summed E-state index contributed by atoms with van der Waals surface area (Å²) in [6.45, 7) is 1.48. The number of nitrogens with zero attached hydrogens (tertiary/aromatic N) is 2. The highest BCUT2D eigenvalue weighted by Gasteiger charge is 2.09. The van der Waals surface area contributed by atoms with E-state index in [4.69, 9.17) is 27.7 Å². The SMILES string of the molecule is CC(=O)Cc1nc(Cc2ccc(Cl)c(Cl)c2)no1. The van der Waals surface area contributed by atoms with Crippen LogP contribution in [0.15, 0.2) is 22.7 Å². The van der Waals surface area contributed by atoms with Crippen molar-refractivity contribution in [3.05, 3.63) is 45.5 Å². The Hall–Kier alpha value is -1.39. The predicted molar refractivity (Wildman–Crippen MR) is 68.0 cm³/mol. The number of carbonyl (C=O) groups is 1.